The fourth-order valence-electron chi connectivity index (χ4n) is 2.61. The molecule has 1 aliphatic carbocycles. The first-order valence-corrected chi connectivity index (χ1v) is 7.75. The zero-order valence-electron chi connectivity index (χ0n) is 13.1. The number of ether oxygens (including phenoxy) is 3. The molecule has 0 fully saturated rings. The Bertz CT molecular complexity index is 521. The van der Waals surface area contributed by atoms with Gasteiger partial charge in [0.05, 0.1) is 0 Å². The number of methoxy groups -OCH3 is 1. The van der Waals surface area contributed by atoms with Crippen LogP contribution in [0.5, 0.6) is 0 Å². The van der Waals surface area contributed by atoms with Crippen LogP contribution >= 0.6 is 11.6 Å². The van der Waals surface area contributed by atoms with Gasteiger partial charge in [-0.3, -0.25) is 0 Å². The fraction of sp³-hybridized carbons (Fsp3) is 0.562. The second kappa shape index (κ2) is 7.81. The van der Waals surface area contributed by atoms with Crippen molar-refractivity contribution in [2.24, 2.45) is 0 Å². The van der Waals surface area contributed by atoms with Crippen molar-refractivity contribution in [3.8, 4) is 0 Å². The van der Waals surface area contributed by atoms with Crippen LogP contribution in [0.25, 0.3) is 0 Å². The zero-order valence-corrected chi connectivity index (χ0v) is 13.9. The zero-order chi connectivity index (χ0) is 16.1. The quantitative estimate of drug-likeness (QED) is 0.842. The van der Waals surface area contributed by atoms with Crippen molar-refractivity contribution in [1.29, 1.82) is 0 Å². The van der Waals surface area contributed by atoms with Crippen LogP contribution in [0.3, 0.4) is 0 Å². The summed E-state index contributed by atoms with van der Waals surface area (Å²) < 4.78 is 16.3. The number of carbonyl (C=O) groups is 1. The lowest BCUT2D eigenvalue weighted by atomic mass is 9.87. The van der Waals surface area contributed by atoms with Crippen molar-refractivity contribution in [2.45, 2.75) is 44.9 Å². The van der Waals surface area contributed by atoms with Gasteiger partial charge in [0.25, 0.3) is 0 Å². The van der Waals surface area contributed by atoms with Crippen molar-refractivity contribution in [3.05, 3.63) is 34.3 Å². The summed E-state index contributed by atoms with van der Waals surface area (Å²) in [4.78, 5) is 11.9. The molecule has 1 N–H and O–H groups in total. The van der Waals surface area contributed by atoms with Gasteiger partial charge in [-0.05, 0) is 38.3 Å². The van der Waals surface area contributed by atoms with E-state index in [4.69, 9.17) is 25.8 Å². The number of amides is 1. The normalized spacial score (nSPS) is 20.6. The maximum Gasteiger partial charge on any atom is 0.407 e. The van der Waals surface area contributed by atoms with E-state index in [1.54, 1.807) is 7.11 Å². The standard InChI is InChI=1S/C16H22ClNO4/c1-10(2)18-16(19)22-13-8-7-11-5-4-6-12(17)14(11)15(13)21-9-20-3/h4-6,10,13,15H,7-9H2,1-3H3,(H,18,19)/t13-,15-/m1/s1. The molecule has 0 aromatic heterocycles. The van der Waals surface area contributed by atoms with Crippen molar-refractivity contribution in [1.82, 2.24) is 5.32 Å². The molecule has 0 spiro atoms. The third-order valence-corrected chi connectivity index (χ3v) is 3.82. The lowest BCUT2D eigenvalue weighted by Gasteiger charge is -2.33. The van der Waals surface area contributed by atoms with Crippen LogP contribution in [0.2, 0.25) is 5.02 Å². The number of aryl methyl sites for hydroxylation is 1. The van der Waals surface area contributed by atoms with E-state index < -0.39 is 12.2 Å². The summed E-state index contributed by atoms with van der Waals surface area (Å²) in [6.45, 7) is 3.88. The van der Waals surface area contributed by atoms with Gasteiger partial charge >= 0.3 is 6.09 Å². The monoisotopic (exact) mass is 327 g/mol. The van der Waals surface area contributed by atoms with Crippen molar-refractivity contribution >= 4 is 17.7 Å². The third kappa shape index (κ3) is 4.12. The van der Waals surface area contributed by atoms with Crippen molar-refractivity contribution < 1.29 is 19.0 Å². The Hall–Kier alpha value is -1.30. The predicted molar refractivity (Wildman–Crippen MR) is 84.0 cm³/mol. The van der Waals surface area contributed by atoms with Crippen LogP contribution < -0.4 is 5.32 Å². The average Bonchev–Trinajstić information content (AvgIpc) is 2.45. The number of hydrogen-bond donors (Lipinski definition) is 1. The first-order chi connectivity index (χ1) is 10.5. The van der Waals surface area contributed by atoms with E-state index in [1.165, 1.54) is 0 Å². The SMILES string of the molecule is COCO[C@H]1c2c(Cl)cccc2CC[C@H]1OC(=O)NC(C)C. The van der Waals surface area contributed by atoms with Gasteiger partial charge in [0.1, 0.15) is 19.0 Å². The van der Waals surface area contributed by atoms with Crippen LogP contribution in [-0.2, 0) is 20.6 Å². The number of carbonyl (C=O) groups excluding carboxylic acids is 1. The molecule has 0 aliphatic heterocycles. The van der Waals surface area contributed by atoms with Gasteiger partial charge in [-0.15, -0.1) is 0 Å². The van der Waals surface area contributed by atoms with E-state index in [9.17, 15) is 4.79 Å². The Morgan fingerprint density at radius 1 is 1.45 bits per heavy atom. The fourth-order valence-corrected chi connectivity index (χ4v) is 2.91. The topological polar surface area (TPSA) is 56.8 Å². The molecule has 22 heavy (non-hydrogen) atoms. The molecule has 5 nitrogen and oxygen atoms in total. The van der Waals surface area contributed by atoms with E-state index in [2.05, 4.69) is 5.32 Å². The highest BCUT2D eigenvalue weighted by atomic mass is 35.5. The van der Waals surface area contributed by atoms with Gasteiger partial charge < -0.3 is 19.5 Å². The Balaban J connectivity index is 2.19. The molecule has 0 bridgehead atoms. The molecule has 2 rings (SSSR count). The summed E-state index contributed by atoms with van der Waals surface area (Å²) >= 11 is 6.33. The molecule has 0 radical (unpaired) electrons. The molecule has 0 unspecified atom stereocenters. The molecular formula is C16H22ClNO4. The summed E-state index contributed by atoms with van der Waals surface area (Å²) in [5, 5.41) is 3.35. The van der Waals surface area contributed by atoms with Crippen LogP contribution in [0, 0.1) is 0 Å². The molecule has 6 heteroatoms. The molecule has 122 valence electrons. The summed E-state index contributed by atoms with van der Waals surface area (Å²) in [7, 11) is 1.55. The van der Waals surface area contributed by atoms with Crippen LogP contribution in [0.4, 0.5) is 4.79 Å². The number of halogens is 1. The van der Waals surface area contributed by atoms with Gasteiger partial charge in [0.2, 0.25) is 0 Å². The Labute approximate surface area is 135 Å². The Kier molecular flexibility index (Phi) is 6.06. The molecule has 1 aromatic carbocycles. The van der Waals surface area contributed by atoms with Crippen molar-refractivity contribution in [2.75, 3.05) is 13.9 Å². The van der Waals surface area contributed by atoms with E-state index >= 15 is 0 Å². The molecular weight excluding hydrogens is 306 g/mol. The average molecular weight is 328 g/mol. The molecule has 0 saturated heterocycles. The lowest BCUT2D eigenvalue weighted by molar-refractivity contribution is -0.120. The van der Waals surface area contributed by atoms with Crippen molar-refractivity contribution in [3.63, 3.8) is 0 Å². The summed E-state index contributed by atoms with van der Waals surface area (Å²) in [6.07, 6.45) is 0.230. The molecule has 1 amide bonds. The van der Waals surface area contributed by atoms with Gasteiger partial charge in [0, 0.05) is 23.7 Å². The molecule has 1 aliphatic rings. The van der Waals surface area contributed by atoms with Crippen LogP contribution in [-0.4, -0.2) is 32.1 Å². The summed E-state index contributed by atoms with van der Waals surface area (Å²) in [5.41, 5.74) is 2.01. The minimum Gasteiger partial charge on any atom is -0.443 e. The second-order valence-electron chi connectivity index (χ2n) is 5.59. The van der Waals surface area contributed by atoms with Crippen LogP contribution in [0.15, 0.2) is 18.2 Å². The summed E-state index contributed by atoms with van der Waals surface area (Å²) in [5.74, 6) is 0. The minimum atomic E-state index is -0.443. The van der Waals surface area contributed by atoms with E-state index in [0.717, 1.165) is 17.5 Å². The van der Waals surface area contributed by atoms with Gasteiger partial charge in [-0.25, -0.2) is 4.79 Å². The highest BCUT2D eigenvalue weighted by Gasteiger charge is 2.35. The van der Waals surface area contributed by atoms with E-state index in [0.29, 0.717) is 11.4 Å². The molecule has 0 heterocycles. The predicted octanol–water partition coefficient (Wildman–Crippen LogP) is 3.45. The number of nitrogens with one attached hydrogen (secondary N) is 1. The van der Waals surface area contributed by atoms with Gasteiger partial charge in [-0.1, -0.05) is 23.7 Å². The largest absolute Gasteiger partial charge is 0.443 e. The minimum absolute atomic E-state index is 0.0188. The molecule has 0 saturated carbocycles. The van der Waals surface area contributed by atoms with E-state index in [-0.39, 0.29) is 18.9 Å². The first kappa shape index (κ1) is 17.1. The molecule has 2 atom stereocenters. The Morgan fingerprint density at radius 2 is 2.23 bits per heavy atom. The number of fused-ring (bicyclic) bond motifs is 1. The van der Waals surface area contributed by atoms with Crippen LogP contribution in [0.1, 0.15) is 37.5 Å². The number of hydrogen-bond acceptors (Lipinski definition) is 4. The number of rotatable bonds is 5. The Morgan fingerprint density at radius 3 is 2.91 bits per heavy atom. The second-order valence-corrected chi connectivity index (χ2v) is 6.00. The lowest BCUT2D eigenvalue weighted by Crippen LogP contribution is -2.38. The smallest absolute Gasteiger partial charge is 0.407 e. The highest BCUT2D eigenvalue weighted by Crippen LogP contribution is 2.38. The first-order valence-electron chi connectivity index (χ1n) is 7.38. The maximum atomic E-state index is 11.9. The number of alkyl carbamates (subject to hydrolysis) is 1. The molecule has 1 aromatic rings. The summed E-state index contributed by atoms with van der Waals surface area (Å²) in [6, 6.07) is 5.78. The van der Waals surface area contributed by atoms with E-state index in [1.807, 2.05) is 32.0 Å². The van der Waals surface area contributed by atoms with Gasteiger partial charge in [0.15, 0.2) is 0 Å². The maximum absolute atomic E-state index is 11.9. The number of benzene rings is 1. The third-order valence-electron chi connectivity index (χ3n) is 3.49. The van der Waals surface area contributed by atoms with Gasteiger partial charge in [-0.2, -0.15) is 0 Å². The highest BCUT2D eigenvalue weighted by molar-refractivity contribution is 6.31.